The number of amides is 1. The van der Waals surface area contributed by atoms with Crippen molar-refractivity contribution in [3.63, 3.8) is 0 Å². The van der Waals surface area contributed by atoms with E-state index in [4.69, 9.17) is 4.74 Å². The van der Waals surface area contributed by atoms with Crippen molar-refractivity contribution in [3.8, 4) is 0 Å². The summed E-state index contributed by atoms with van der Waals surface area (Å²) in [5, 5.41) is 2.70. The van der Waals surface area contributed by atoms with Crippen LogP contribution in [-0.2, 0) is 16.0 Å². The second-order valence-corrected chi connectivity index (χ2v) is 7.33. The maximum Gasteiger partial charge on any atom is 0.333 e. The van der Waals surface area contributed by atoms with Gasteiger partial charge in [0.1, 0.15) is 6.10 Å². The van der Waals surface area contributed by atoms with E-state index >= 15 is 0 Å². The zero-order valence-electron chi connectivity index (χ0n) is 18.1. The Bertz CT molecular complexity index is 994. The Morgan fingerprint density at radius 2 is 1.68 bits per heavy atom. The van der Waals surface area contributed by atoms with Crippen LogP contribution in [0.2, 0.25) is 0 Å². The molecule has 0 saturated heterocycles. The van der Waals surface area contributed by atoms with Crippen LogP contribution in [0.1, 0.15) is 63.8 Å². The molecular formula is C25H27NO5. The molecule has 1 amide bonds. The lowest BCUT2D eigenvalue weighted by atomic mass is 9.94. The van der Waals surface area contributed by atoms with Crippen molar-refractivity contribution in [2.24, 2.45) is 0 Å². The van der Waals surface area contributed by atoms with Gasteiger partial charge in [-0.25, -0.2) is 4.79 Å². The van der Waals surface area contributed by atoms with E-state index in [1.54, 1.807) is 69.3 Å². The minimum absolute atomic E-state index is 0.186. The SMILES string of the molecule is C=C(C)C(=O)OC(C)Cc1ccc(C(=O)CC(=O)c2ccccc2)c(C(=O)NCC)c1. The zero-order chi connectivity index (χ0) is 23.0. The van der Waals surface area contributed by atoms with E-state index in [1.807, 2.05) is 0 Å². The lowest BCUT2D eigenvalue weighted by Crippen LogP contribution is -2.26. The summed E-state index contributed by atoms with van der Waals surface area (Å²) in [6.07, 6.45) is -0.405. The Morgan fingerprint density at radius 1 is 1.00 bits per heavy atom. The molecule has 0 saturated carbocycles. The van der Waals surface area contributed by atoms with Crippen molar-refractivity contribution >= 4 is 23.4 Å². The average Bonchev–Trinajstić information content (AvgIpc) is 2.74. The number of esters is 1. The van der Waals surface area contributed by atoms with Crippen LogP contribution in [0, 0.1) is 0 Å². The fourth-order valence-electron chi connectivity index (χ4n) is 3.03. The lowest BCUT2D eigenvalue weighted by Gasteiger charge is -2.15. The molecule has 6 heteroatoms. The smallest absolute Gasteiger partial charge is 0.333 e. The molecule has 0 aliphatic rings. The number of ether oxygens (including phenoxy) is 1. The standard InChI is InChI=1S/C25H27NO5/c1-5-26-24(29)21-14-18(13-17(4)31-25(30)16(2)3)11-12-20(21)23(28)15-22(27)19-9-7-6-8-10-19/h6-12,14,17H,2,5,13,15H2,1,3-4H3,(H,26,29). The van der Waals surface area contributed by atoms with Crippen molar-refractivity contribution in [3.05, 3.63) is 82.9 Å². The van der Waals surface area contributed by atoms with Crippen LogP contribution in [-0.4, -0.2) is 36.1 Å². The molecule has 0 spiro atoms. The van der Waals surface area contributed by atoms with Crippen LogP contribution >= 0.6 is 0 Å². The van der Waals surface area contributed by atoms with E-state index < -0.39 is 23.8 Å². The quantitative estimate of drug-likeness (QED) is 0.272. The summed E-state index contributed by atoms with van der Waals surface area (Å²) in [5.74, 6) is -1.62. The van der Waals surface area contributed by atoms with Crippen LogP contribution < -0.4 is 5.32 Å². The predicted octanol–water partition coefficient (Wildman–Crippen LogP) is 3.94. The monoisotopic (exact) mass is 421 g/mol. The van der Waals surface area contributed by atoms with Crippen molar-refractivity contribution in [2.75, 3.05) is 6.54 Å². The van der Waals surface area contributed by atoms with Crippen molar-refractivity contribution < 1.29 is 23.9 Å². The Morgan fingerprint density at radius 3 is 2.29 bits per heavy atom. The Balaban J connectivity index is 2.25. The number of ketones is 2. The van der Waals surface area contributed by atoms with Gasteiger partial charge < -0.3 is 10.1 Å². The molecule has 1 atom stereocenters. The van der Waals surface area contributed by atoms with Gasteiger partial charge in [-0.05, 0) is 32.4 Å². The van der Waals surface area contributed by atoms with Gasteiger partial charge in [-0.3, -0.25) is 14.4 Å². The molecule has 1 N–H and O–H groups in total. The van der Waals surface area contributed by atoms with Crippen molar-refractivity contribution in [1.82, 2.24) is 5.32 Å². The van der Waals surface area contributed by atoms with Crippen molar-refractivity contribution in [2.45, 2.75) is 39.7 Å². The first-order chi connectivity index (χ1) is 14.7. The summed E-state index contributed by atoms with van der Waals surface area (Å²) in [7, 11) is 0. The van der Waals surface area contributed by atoms with Crippen LogP contribution in [0.15, 0.2) is 60.7 Å². The summed E-state index contributed by atoms with van der Waals surface area (Å²) in [4.78, 5) is 49.6. The van der Waals surface area contributed by atoms with Gasteiger partial charge in [0.2, 0.25) is 0 Å². The fourth-order valence-corrected chi connectivity index (χ4v) is 3.03. The lowest BCUT2D eigenvalue weighted by molar-refractivity contribution is -0.143. The van der Waals surface area contributed by atoms with Crippen LogP contribution in [0.3, 0.4) is 0 Å². The van der Waals surface area contributed by atoms with Gasteiger partial charge in [0, 0.05) is 29.7 Å². The summed E-state index contributed by atoms with van der Waals surface area (Å²) in [6, 6.07) is 13.4. The minimum Gasteiger partial charge on any atom is -0.459 e. The van der Waals surface area contributed by atoms with Crippen LogP contribution in [0.25, 0.3) is 0 Å². The van der Waals surface area contributed by atoms with E-state index in [-0.39, 0.29) is 23.3 Å². The maximum absolute atomic E-state index is 12.8. The highest BCUT2D eigenvalue weighted by Gasteiger charge is 2.21. The number of rotatable bonds is 10. The summed E-state index contributed by atoms with van der Waals surface area (Å²) >= 11 is 0. The fraction of sp³-hybridized carbons (Fsp3) is 0.280. The first-order valence-electron chi connectivity index (χ1n) is 10.1. The maximum atomic E-state index is 12.8. The van der Waals surface area contributed by atoms with Gasteiger partial charge in [-0.2, -0.15) is 0 Å². The van der Waals surface area contributed by atoms with Crippen molar-refractivity contribution in [1.29, 1.82) is 0 Å². The largest absolute Gasteiger partial charge is 0.459 e. The van der Waals surface area contributed by atoms with Crippen LogP contribution in [0.4, 0.5) is 0 Å². The number of carbonyl (C=O) groups is 4. The molecule has 0 radical (unpaired) electrons. The van der Waals surface area contributed by atoms with E-state index in [0.717, 1.165) is 5.56 Å². The number of nitrogens with one attached hydrogen (secondary N) is 1. The molecule has 2 rings (SSSR count). The molecule has 1 unspecified atom stereocenters. The molecule has 162 valence electrons. The third kappa shape index (κ3) is 6.74. The summed E-state index contributed by atoms with van der Waals surface area (Å²) < 4.78 is 5.29. The van der Waals surface area contributed by atoms with E-state index in [1.165, 1.54) is 0 Å². The van der Waals surface area contributed by atoms with E-state index in [2.05, 4.69) is 11.9 Å². The molecule has 31 heavy (non-hydrogen) atoms. The second-order valence-electron chi connectivity index (χ2n) is 7.33. The molecule has 0 aliphatic carbocycles. The molecule has 2 aromatic carbocycles. The van der Waals surface area contributed by atoms with Gasteiger partial charge in [-0.1, -0.05) is 49.0 Å². The highest BCUT2D eigenvalue weighted by molar-refractivity contribution is 6.17. The predicted molar refractivity (Wildman–Crippen MR) is 118 cm³/mol. The Labute approximate surface area is 182 Å². The number of hydrogen-bond acceptors (Lipinski definition) is 5. The molecule has 0 bridgehead atoms. The Kier molecular flexibility index (Phi) is 8.43. The van der Waals surface area contributed by atoms with Gasteiger partial charge in [-0.15, -0.1) is 0 Å². The molecular weight excluding hydrogens is 394 g/mol. The minimum atomic E-state index is -0.484. The first-order valence-corrected chi connectivity index (χ1v) is 10.1. The van der Waals surface area contributed by atoms with E-state index in [9.17, 15) is 19.2 Å². The zero-order valence-corrected chi connectivity index (χ0v) is 18.1. The van der Waals surface area contributed by atoms with Gasteiger partial charge in [0.15, 0.2) is 11.6 Å². The molecule has 0 fully saturated rings. The molecule has 2 aromatic rings. The molecule has 0 aliphatic heterocycles. The summed E-state index contributed by atoms with van der Waals surface area (Å²) in [5.41, 5.74) is 1.86. The molecule has 6 nitrogen and oxygen atoms in total. The normalized spacial score (nSPS) is 11.3. The second kappa shape index (κ2) is 11.0. The number of carbonyl (C=O) groups excluding carboxylic acids is 4. The van der Waals surface area contributed by atoms with Gasteiger partial charge in [0.25, 0.3) is 5.91 Å². The number of hydrogen-bond donors (Lipinski definition) is 1. The third-order valence-electron chi connectivity index (χ3n) is 4.56. The Hall–Kier alpha value is -3.54. The number of Topliss-reactive ketones (excluding diaryl/α,β-unsaturated/α-hetero) is 2. The first kappa shape index (κ1) is 23.7. The highest BCUT2D eigenvalue weighted by atomic mass is 16.5. The molecule has 0 heterocycles. The molecule has 0 aromatic heterocycles. The van der Waals surface area contributed by atoms with Crippen LogP contribution in [0.5, 0.6) is 0 Å². The summed E-state index contributed by atoms with van der Waals surface area (Å²) in [6.45, 7) is 9.04. The topological polar surface area (TPSA) is 89.5 Å². The van der Waals surface area contributed by atoms with E-state index in [0.29, 0.717) is 24.1 Å². The third-order valence-corrected chi connectivity index (χ3v) is 4.56. The highest BCUT2D eigenvalue weighted by Crippen LogP contribution is 2.18. The average molecular weight is 421 g/mol. The van der Waals surface area contributed by atoms with Gasteiger partial charge >= 0.3 is 5.97 Å². The van der Waals surface area contributed by atoms with Gasteiger partial charge in [0.05, 0.1) is 12.0 Å². The number of benzene rings is 2.